The number of pyridine rings is 2. The van der Waals surface area contributed by atoms with Crippen molar-refractivity contribution in [2.45, 2.75) is 32.9 Å². The summed E-state index contributed by atoms with van der Waals surface area (Å²) in [5.41, 5.74) is 9.32. The molecule has 0 saturated carbocycles. The molecule has 0 unspecified atom stereocenters. The molecular formula is C16H22N4. The first-order valence-corrected chi connectivity index (χ1v) is 7.10. The van der Waals surface area contributed by atoms with Crippen LogP contribution < -0.4 is 10.6 Å². The molecule has 0 aliphatic rings. The van der Waals surface area contributed by atoms with Gasteiger partial charge in [0.2, 0.25) is 0 Å². The van der Waals surface area contributed by atoms with Crippen LogP contribution >= 0.6 is 0 Å². The van der Waals surface area contributed by atoms with Gasteiger partial charge in [0.25, 0.3) is 0 Å². The monoisotopic (exact) mass is 270 g/mol. The van der Waals surface area contributed by atoms with Gasteiger partial charge in [0.05, 0.1) is 17.6 Å². The average Bonchev–Trinajstić information content (AvgIpc) is 2.53. The maximum atomic E-state index is 5.99. The van der Waals surface area contributed by atoms with Crippen molar-refractivity contribution in [3.8, 4) is 0 Å². The van der Waals surface area contributed by atoms with Crippen LogP contribution in [0.2, 0.25) is 0 Å². The number of hydrogen-bond donors (Lipinski definition) is 1. The standard InChI is InChI=1S/C16H22N4/c1-3-15(17)16-6-5-14(11-19-16)20(4-2)12-13-7-9-18-10-8-13/h5-11,15H,3-4,12,17H2,1-2H3/t15-/m1/s1. The first-order valence-electron chi connectivity index (χ1n) is 7.10. The summed E-state index contributed by atoms with van der Waals surface area (Å²) < 4.78 is 0. The lowest BCUT2D eigenvalue weighted by Crippen LogP contribution is -2.22. The van der Waals surface area contributed by atoms with Gasteiger partial charge in [-0.2, -0.15) is 0 Å². The number of nitrogens with two attached hydrogens (primary N) is 1. The molecule has 0 amide bonds. The Morgan fingerprint density at radius 1 is 1.15 bits per heavy atom. The van der Waals surface area contributed by atoms with Gasteiger partial charge in [-0.15, -0.1) is 0 Å². The molecule has 0 saturated heterocycles. The molecule has 20 heavy (non-hydrogen) atoms. The Morgan fingerprint density at radius 3 is 2.45 bits per heavy atom. The van der Waals surface area contributed by atoms with Gasteiger partial charge >= 0.3 is 0 Å². The second kappa shape index (κ2) is 7.01. The summed E-state index contributed by atoms with van der Waals surface area (Å²) in [6.07, 6.45) is 6.46. The summed E-state index contributed by atoms with van der Waals surface area (Å²) in [4.78, 5) is 10.8. The second-order valence-electron chi connectivity index (χ2n) is 4.83. The van der Waals surface area contributed by atoms with Crippen molar-refractivity contribution in [2.24, 2.45) is 5.73 Å². The van der Waals surface area contributed by atoms with Crippen LogP contribution in [0.4, 0.5) is 5.69 Å². The van der Waals surface area contributed by atoms with Crippen LogP contribution in [0.25, 0.3) is 0 Å². The van der Waals surface area contributed by atoms with E-state index >= 15 is 0 Å². The number of rotatable bonds is 6. The zero-order valence-electron chi connectivity index (χ0n) is 12.2. The molecular weight excluding hydrogens is 248 g/mol. The van der Waals surface area contributed by atoms with Crippen LogP contribution in [0.15, 0.2) is 42.9 Å². The molecule has 1 atom stereocenters. The average molecular weight is 270 g/mol. The molecule has 0 fully saturated rings. The Kier molecular flexibility index (Phi) is 5.07. The summed E-state index contributed by atoms with van der Waals surface area (Å²) >= 11 is 0. The molecule has 4 nitrogen and oxygen atoms in total. The largest absolute Gasteiger partial charge is 0.366 e. The van der Waals surface area contributed by atoms with E-state index in [4.69, 9.17) is 5.73 Å². The lowest BCUT2D eigenvalue weighted by molar-refractivity contribution is 0.674. The van der Waals surface area contributed by atoms with E-state index in [0.717, 1.165) is 30.9 Å². The predicted molar refractivity (Wildman–Crippen MR) is 82.4 cm³/mol. The summed E-state index contributed by atoms with van der Waals surface area (Å²) in [7, 11) is 0. The predicted octanol–water partition coefficient (Wildman–Crippen LogP) is 2.91. The van der Waals surface area contributed by atoms with Crippen molar-refractivity contribution in [3.63, 3.8) is 0 Å². The Bertz CT molecular complexity index is 510. The molecule has 0 radical (unpaired) electrons. The van der Waals surface area contributed by atoms with Gasteiger partial charge in [-0.1, -0.05) is 6.92 Å². The molecule has 0 aliphatic carbocycles. The summed E-state index contributed by atoms with van der Waals surface area (Å²) in [6.45, 7) is 6.01. The van der Waals surface area contributed by atoms with Crippen molar-refractivity contribution in [3.05, 3.63) is 54.1 Å². The highest BCUT2D eigenvalue weighted by atomic mass is 15.1. The Labute approximate surface area is 120 Å². The maximum Gasteiger partial charge on any atom is 0.0572 e. The van der Waals surface area contributed by atoms with Crippen LogP contribution in [0.5, 0.6) is 0 Å². The van der Waals surface area contributed by atoms with Gasteiger partial charge in [-0.3, -0.25) is 9.97 Å². The van der Waals surface area contributed by atoms with E-state index in [0.29, 0.717) is 0 Å². The molecule has 0 spiro atoms. The highest BCUT2D eigenvalue weighted by molar-refractivity contribution is 5.45. The van der Waals surface area contributed by atoms with Crippen molar-refractivity contribution in [1.29, 1.82) is 0 Å². The van der Waals surface area contributed by atoms with E-state index in [-0.39, 0.29) is 6.04 Å². The fourth-order valence-corrected chi connectivity index (χ4v) is 2.11. The molecule has 2 aromatic rings. The highest BCUT2D eigenvalue weighted by Crippen LogP contribution is 2.18. The molecule has 2 rings (SSSR count). The summed E-state index contributed by atoms with van der Waals surface area (Å²) in [5.74, 6) is 0. The topological polar surface area (TPSA) is 55.0 Å². The van der Waals surface area contributed by atoms with E-state index in [9.17, 15) is 0 Å². The minimum Gasteiger partial charge on any atom is -0.366 e. The van der Waals surface area contributed by atoms with Crippen LogP contribution in [0, 0.1) is 0 Å². The van der Waals surface area contributed by atoms with Crippen LogP contribution in [0.1, 0.15) is 37.6 Å². The lowest BCUT2D eigenvalue weighted by atomic mass is 10.1. The van der Waals surface area contributed by atoms with Crippen molar-refractivity contribution in [2.75, 3.05) is 11.4 Å². The molecule has 0 aromatic carbocycles. The van der Waals surface area contributed by atoms with Gasteiger partial charge in [-0.25, -0.2) is 0 Å². The van der Waals surface area contributed by atoms with E-state index in [1.54, 1.807) is 0 Å². The van der Waals surface area contributed by atoms with E-state index < -0.39 is 0 Å². The molecule has 2 aromatic heterocycles. The maximum absolute atomic E-state index is 5.99. The van der Waals surface area contributed by atoms with Gasteiger partial charge in [0.15, 0.2) is 0 Å². The smallest absolute Gasteiger partial charge is 0.0572 e. The van der Waals surface area contributed by atoms with E-state index in [2.05, 4.69) is 34.8 Å². The first-order chi connectivity index (χ1) is 9.74. The zero-order chi connectivity index (χ0) is 14.4. The third kappa shape index (κ3) is 3.54. The number of anilines is 1. The highest BCUT2D eigenvalue weighted by Gasteiger charge is 2.08. The molecule has 0 bridgehead atoms. The SMILES string of the molecule is CC[C@@H](N)c1ccc(N(CC)Cc2ccncc2)cn1. The number of aromatic nitrogens is 2. The minimum absolute atomic E-state index is 0.0272. The third-order valence-electron chi connectivity index (χ3n) is 3.46. The fraction of sp³-hybridized carbons (Fsp3) is 0.375. The first kappa shape index (κ1) is 14.5. The van der Waals surface area contributed by atoms with Crippen LogP contribution in [0.3, 0.4) is 0 Å². The minimum atomic E-state index is 0.0272. The van der Waals surface area contributed by atoms with Crippen LogP contribution in [-0.2, 0) is 6.54 Å². The van der Waals surface area contributed by atoms with Gasteiger partial charge < -0.3 is 10.6 Å². The van der Waals surface area contributed by atoms with Crippen LogP contribution in [-0.4, -0.2) is 16.5 Å². The van der Waals surface area contributed by atoms with Gasteiger partial charge in [-0.05, 0) is 43.2 Å². The summed E-state index contributed by atoms with van der Waals surface area (Å²) in [5, 5.41) is 0. The Morgan fingerprint density at radius 2 is 1.90 bits per heavy atom. The van der Waals surface area contributed by atoms with E-state index in [1.807, 2.05) is 36.8 Å². The molecule has 2 heterocycles. The third-order valence-corrected chi connectivity index (χ3v) is 3.46. The van der Waals surface area contributed by atoms with Crippen molar-refractivity contribution >= 4 is 5.69 Å². The number of nitrogens with zero attached hydrogens (tertiary/aromatic N) is 3. The Hall–Kier alpha value is -1.94. The normalized spacial score (nSPS) is 12.2. The van der Waals surface area contributed by atoms with Gasteiger partial charge in [0.1, 0.15) is 0 Å². The van der Waals surface area contributed by atoms with Crippen molar-refractivity contribution < 1.29 is 0 Å². The molecule has 0 aliphatic heterocycles. The second-order valence-corrected chi connectivity index (χ2v) is 4.83. The molecule has 106 valence electrons. The fourth-order valence-electron chi connectivity index (χ4n) is 2.11. The zero-order valence-corrected chi connectivity index (χ0v) is 12.2. The van der Waals surface area contributed by atoms with Crippen molar-refractivity contribution in [1.82, 2.24) is 9.97 Å². The van der Waals surface area contributed by atoms with E-state index in [1.165, 1.54) is 5.56 Å². The summed E-state index contributed by atoms with van der Waals surface area (Å²) in [6, 6.07) is 8.23. The lowest BCUT2D eigenvalue weighted by Gasteiger charge is -2.23. The Balaban J connectivity index is 2.11. The molecule has 2 N–H and O–H groups in total. The molecule has 4 heteroatoms. The quantitative estimate of drug-likeness (QED) is 0.877. The van der Waals surface area contributed by atoms with Gasteiger partial charge in [0, 0.05) is 31.5 Å². The number of hydrogen-bond acceptors (Lipinski definition) is 4.